The zero-order valence-corrected chi connectivity index (χ0v) is 19.9. The number of carbonyl (C=O) groups is 2. The average Bonchev–Trinajstić information content (AvgIpc) is 3.33. The first-order valence-electron chi connectivity index (χ1n) is 12.4. The smallest absolute Gasteiger partial charge is 0.186 e. The predicted molar refractivity (Wildman–Crippen MR) is 137 cm³/mol. The molecule has 2 aliphatic carbocycles. The number of aromatic hydroxyl groups is 2. The van der Waals surface area contributed by atoms with Crippen LogP contribution in [-0.4, -0.2) is 52.9 Å². The van der Waals surface area contributed by atoms with E-state index in [0.717, 1.165) is 19.6 Å². The van der Waals surface area contributed by atoms with Crippen LogP contribution in [0.15, 0.2) is 60.7 Å². The maximum Gasteiger partial charge on any atom is 0.186 e. The molecule has 0 bridgehead atoms. The van der Waals surface area contributed by atoms with E-state index in [-0.39, 0.29) is 23.1 Å². The van der Waals surface area contributed by atoms with Crippen LogP contribution >= 0.6 is 0 Å². The number of Topliss-reactive ketones (excluding diaryl/α,β-unsaturated/α-hetero) is 2. The van der Waals surface area contributed by atoms with Gasteiger partial charge in [0.1, 0.15) is 29.3 Å². The van der Waals surface area contributed by atoms with Crippen LogP contribution in [0.4, 0.5) is 0 Å². The summed E-state index contributed by atoms with van der Waals surface area (Å²) in [6, 6.07) is 16.4. The maximum absolute atomic E-state index is 14.2. The summed E-state index contributed by atoms with van der Waals surface area (Å²) in [6.45, 7) is 3.52. The highest BCUT2D eigenvalue weighted by Gasteiger charge is 2.59. The zero-order valence-electron chi connectivity index (χ0n) is 19.9. The van der Waals surface area contributed by atoms with Crippen molar-refractivity contribution in [3.63, 3.8) is 0 Å². The molecule has 2 N–H and O–H groups in total. The number of likely N-dealkylation sites (tertiary alicyclic amines) is 1. The summed E-state index contributed by atoms with van der Waals surface area (Å²) in [5.74, 6) is 0.0412. The minimum atomic E-state index is -1.56. The lowest BCUT2D eigenvalue weighted by molar-refractivity contribution is 0.0844. The first-order valence-corrected chi connectivity index (χ1v) is 12.4. The molecule has 36 heavy (non-hydrogen) atoms. The molecule has 0 radical (unpaired) electrons. The number of phenolic OH excluding ortho intramolecular Hbond substituents is 2. The molecule has 1 saturated heterocycles. The van der Waals surface area contributed by atoms with Crippen molar-refractivity contribution >= 4 is 23.2 Å². The first kappa shape index (κ1) is 22.6. The number of hydrogen-bond donors (Lipinski definition) is 2. The Morgan fingerprint density at radius 3 is 2.42 bits per heavy atom. The minimum Gasteiger partial charge on any atom is -0.508 e. The Labute approximate surface area is 209 Å². The Bertz CT molecular complexity index is 1420. The molecule has 1 fully saturated rings. The number of phenols is 2. The topological polar surface area (TPSA) is 87.1 Å². The molecule has 0 amide bonds. The number of ketones is 2. The molecule has 3 aromatic carbocycles. The van der Waals surface area contributed by atoms with Gasteiger partial charge in [0, 0.05) is 17.7 Å². The average molecular weight is 482 g/mol. The highest BCUT2D eigenvalue weighted by atomic mass is 16.5. The van der Waals surface area contributed by atoms with E-state index in [1.807, 2.05) is 0 Å². The zero-order chi connectivity index (χ0) is 24.9. The third-order valence-electron chi connectivity index (χ3n) is 7.59. The number of fused-ring (bicyclic) bond motifs is 3. The number of piperidine rings is 1. The molecule has 0 saturated carbocycles. The first-order chi connectivity index (χ1) is 17.5. The summed E-state index contributed by atoms with van der Waals surface area (Å²) in [7, 11) is 0. The van der Waals surface area contributed by atoms with Gasteiger partial charge in [-0.05, 0) is 96.7 Å². The molecule has 1 spiro atoms. The van der Waals surface area contributed by atoms with Crippen molar-refractivity contribution in [3.8, 4) is 17.2 Å². The predicted octanol–water partition coefficient (Wildman–Crippen LogP) is 4.83. The fourth-order valence-electron chi connectivity index (χ4n) is 5.86. The van der Waals surface area contributed by atoms with Gasteiger partial charge in [0.05, 0.1) is 0 Å². The highest BCUT2D eigenvalue weighted by Crippen LogP contribution is 2.55. The van der Waals surface area contributed by atoms with Crippen LogP contribution in [0.2, 0.25) is 0 Å². The molecule has 1 unspecified atom stereocenters. The molecule has 1 heterocycles. The van der Waals surface area contributed by atoms with E-state index in [2.05, 4.69) is 4.90 Å². The van der Waals surface area contributed by atoms with E-state index < -0.39 is 5.41 Å². The monoisotopic (exact) mass is 481 g/mol. The standard InChI is InChI=1S/C30H27NO5/c32-21-6-4-5-19(15-21)27-17-20-16-22(33)7-10-26(20)30(27)28(34)24-9-8-23(18-25(24)29(30)35)36-14-13-31-11-2-1-3-12-31/h4-10,15-18,32-33H,1-3,11-14H2. The lowest BCUT2D eigenvalue weighted by Gasteiger charge is -2.26. The molecule has 1 aliphatic heterocycles. The van der Waals surface area contributed by atoms with Gasteiger partial charge < -0.3 is 14.9 Å². The molecule has 6 heteroatoms. The van der Waals surface area contributed by atoms with Gasteiger partial charge in [0.25, 0.3) is 0 Å². The van der Waals surface area contributed by atoms with Crippen molar-refractivity contribution in [2.45, 2.75) is 24.7 Å². The summed E-state index contributed by atoms with van der Waals surface area (Å²) in [5, 5.41) is 20.2. The lowest BCUT2D eigenvalue weighted by atomic mass is 9.71. The van der Waals surface area contributed by atoms with Crippen LogP contribution in [0.3, 0.4) is 0 Å². The van der Waals surface area contributed by atoms with Crippen molar-refractivity contribution in [3.05, 3.63) is 88.5 Å². The van der Waals surface area contributed by atoms with Crippen LogP contribution in [0.5, 0.6) is 17.2 Å². The molecule has 6 rings (SSSR count). The molecule has 182 valence electrons. The van der Waals surface area contributed by atoms with Gasteiger partial charge in [-0.15, -0.1) is 0 Å². The third kappa shape index (κ3) is 3.44. The van der Waals surface area contributed by atoms with E-state index in [1.165, 1.54) is 25.3 Å². The van der Waals surface area contributed by atoms with Crippen molar-refractivity contribution < 1.29 is 24.5 Å². The van der Waals surface area contributed by atoms with Gasteiger partial charge in [-0.1, -0.05) is 24.6 Å². The van der Waals surface area contributed by atoms with Crippen LogP contribution in [-0.2, 0) is 5.41 Å². The second-order valence-electron chi connectivity index (χ2n) is 9.75. The van der Waals surface area contributed by atoms with Crippen LogP contribution in [0, 0.1) is 0 Å². The van der Waals surface area contributed by atoms with Gasteiger partial charge in [-0.3, -0.25) is 14.5 Å². The number of allylic oxidation sites excluding steroid dienone is 1. The van der Waals surface area contributed by atoms with Gasteiger partial charge in [-0.25, -0.2) is 0 Å². The van der Waals surface area contributed by atoms with E-state index in [1.54, 1.807) is 60.7 Å². The number of benzene rings is 3. The van der Waals surface area contributed by atoms with Gasteiger partial charge in [-0.2, -0.15) is 0 Å². The normalized spacial score (nSPS) is 20.9. The second-order valence-corrected chi connectivity index (χ2v) is 9.75. The van der Waals surface area contributed by atoms with E-state index in [9.17, 15) is 19.8 Å². The molecular formula is C30H27NO5. The SMILES string of the molecule is O=C1c2ccc(OCCN3CCCCC3)cc2C(=O)C12C(c1cccc(O)c1)=Cc1cc(O)ccc12. The van der Waals surface area contributed by atoms with Crippen LogP contribution in [0.1, 0.15) is 56.7 Å². The summed E-state index contributed by atoms with van der Waals surface area (Å²) < 4.78 is 6.00. The summed E-state index contributed by atoms with van der Waals surface area (Å²) in [4.78, 5) is 30.6. The number of rotatable bonds is 5. The van der Waals surface area contributed by atoms with E-state index in [4.69, 9.17) is 4.74 Å². The Morgan fingerprint density at radius 2 is 1.61 bits per heavy atom. The lowest BCUT2D eigenvalue weighted by Crippen LogP contribution is -2.38. The van der Waals surface area contributed by atoms with Crippen molar-refractivity contribution in [1.82, 2.24) is 4.90 Å². The third-order valence-corrected chi connectivity index (χ3v) is 7.59. The Balaban J connectivity index is 1.37. The van der Waals surface area contributed by atoms with Gasteiger partial charge in [0.2, 0.25) is 0 Å². The number of carbonyl (C=O) groups excluding carboxylic acids is 2. The molecule has 3 aliphatic rings. The molecule has 3 aromatic rings. The quantitative estimate of drug-likeness (QED) is 0.508. The van der Waals surface area contributed by atoms with Gasteiger partial charge >= 0.3 is 0 Å². The fraction of sp³-hybridized carbons (Fsp3) is 0.267. The van der Waals surface area contributed by atoms with E-state index in [0.29, 0.717) is 45.7 Å². The summed E-state index contributed by atoms with van der Waals surface area (Å²) in [6.07, 6.45) is 5.47. The molecule has 6 nitrogen and oxygen atoms in total. The Hall–Kier alpha value is -3.90. The maximum atomic E-state index is 14.2. The van der Waals surface area contributed by atoms with Crippen LogP contribution in [0.25, 0.3) is 11.6 Å². The van der Waals surface area contributed by atoms with Crippen molar-refractivity contribution in [1.29, 1.82) is 0 Å². The minimum absolute atomic E-state index is 0.0437. The van der Waals surface area contributed by atoms with Crippen molar-refractivity contribution in [2.24, 2.45) is 0 Å². The number of hydrogen-bond acceptors (Lipinski definition) is 6. The molecular weight excluding hydrogens is 454 g/mol. The van der Waals surface area contributed by atoms with Crippen molar-refractivity contribution in [2.75, 3.05) is 26.2 Å². The fourth-order valence-corrected chi connectivity index (χ4v) is 5.86. The number of ether oxygens (including phenoxy) is 1. The molecule has 0 aromatic heterocycles. The number of nitrogens with zero attached hydrogens (tertiary/aromatic N) is 1. The Morgan fingerprint density at radius 1 is 0.833 bits per heavy atom. The highest BCUT2D eigenvalue weighted by molar-refractivity contribution is 6.41. The summed E-state index contributed by atoms with van der Waals surface area (Å²) in [5.41, 5.74) is 1.36. The second kappa shape index (κ2) is 8.64. The van der Waals surface area contributed by atoms with E-state index >= 15 is 0 Å². The van der Waals surface area contributed by atoms with Gasteiger partial charge in [0.15, 0.2) is 11.6 Å². The Kier molecular flexibility index (Phi) is 5.41. The molecule has 1 atom stereocenters. The summed E-state index contributed by atoms with van der Waals surface area (Å²) >= 11 is 0. The largest absolute Gasteiger partial charge is 0.508 e. The van der Waals surface area contributed by atoms with Crippen LogP contribution < -0.4 is 4.74 Å².